The highest BCUT2D eigenvalue weighted by atomic mass is 16.1. The average Bonchev–Trinajstić information content (AvgIpc) is 3.26. The van der Waals surface area contributed by atoms with Crippen molar-refractivity contribution >= 4 is 34.5 Å². The minimum atomic E-state index is -0.259. The van der Waals surface area contributed by atoms with Crippen LogP contribution in [-0.2, 0) is 12.5 Å². The summed E-state index contributed by atoms with van der Waals surface area (Å²) in [4.78, 5) is 33.2. The van der Waals surface area contributed by atoms with Crippen molar-refractivity contribution in [2.24, 2.45) is 7.05 Å². The van der Waals surface area contributed by atoms with Crippen LogP contribution >= 0.6 is 0 Å². The maximum Gasteiger partial charge on any atom is 0.293 e. The molecule has 0 unspecified atom stereocenters. The molecule has 224 valence electrons. The molecular formula is C34H41N7O2. The van der Waals surface area contributed by atoms with Crippen LogP contribution in [0.4, 0.5) is 28.6 Å². The molecule has 0 spiro atoms. The zero-order valence-corrected chi connectivity index (χ0v) is 25.6. The second-order valence-corrected chi connectivity index (χ2v) is 12.1. The topological polar surface area (TPSA) is 117 Å². The predicted octanol–water partition coefficient (Wildman–Crippen LogP) is 5.43. The van der Waals surface area contributed by atoms with Gasteiger partial charge in [0.1, 0.15) is 0 Å². The molecule has 0 radical (unpaired) electrons. The van der Waals surface area contributed by atoms with Crippen LogP contribution in [0.5, 0.6) is 0 Å². The smallest absolute Gasteiger partial charge is 0.293 e. The highest BCUT2D eigenvalue weighted by molar-refractivity contribution is 6.05. The van der Waals surface area contributed by atoms with Gasteiger partial charge < -0.3 is 31.2 Å². The molecule has 9 nitrogen and oxygen atoms in total. The van der Waals surface area contributed by atoms with Gasteiger partial charge in [-0.2, -0.15) is 0 Å². The van der Waals surface area contributed by atoms with Gasteiger partial charge in [0.25, 0.3) is 11.5 Å². The van der Waals surface area contributed by atoms with Crippen LogP contribution < -0.4 is 32.1 Å². The van der Waals surface area contributed by atoms with Crippen LogP contribution in [0, 0.1) is 6.92 Å². The Morgan fingerprint density at radius 3 is 2.51 bits per heavy atom. The largest absolute Gasteiger partial charge is 0.397 e. The van der Waals surface area contributed by atoms with Crippen molar-refractivity contribution in [3.63, 3.8) is 0 Å². The summed E-state index contributed by atoms with van der Waals surface area (Å²) in [6, 6.07) is 19.1. The average molecular weight is 580 g/mol. The number of aromatic nitrogens is 2. The minimum absolute atomic E-state index is 0.0109. The first-order valence-corrected chi connectivity index (χ1v) is 14.7. The summed E-state index contributed by atoms with van der Waals surface area (Å²) >= 11 is 0. The van der Waals surface area contributed by atoms with Crippen molar-refractivity contribution in [1.82, 2.24) is 14.9 Å². The van der Waals surface area contributed by atoms with E-state index < -0.39 is 0 Å². The highest BCUT2D eigenvalue weighted by Crippen LogP contribution is 2.30. The number of benzene rings is 3. The molecule has 3 aromatic carbocycles. The van der Waals surface area contributed by atoms with Gasteiger partial charge in [0.05, 0.1) is 17.1 Å². The van der Waals surface area contributed by atoms with Gasteiger partial charge in [0.2, 0.25) is 0 Å². The molecule has 5 rings (SSSR count). The van der Waals surface area contributed by atoms with E-state index in [1.54, 1.807) is 13.2 Å². The number of nitrogen functional groups attached to an aromatic ring is 1. The predicted molar refractivity (Wildman–Crippen MR) is 177 cm³/mol. The molecule has 1 fully saturated rings. The third-order valence-electron chi connectivity index (χ3n) is 7.91. The zero-order chi connectivity index (χ0) is 30.7. The van der Waals surface area contributed by atoms with E-state index >= 15 is 0 Å². The molecule has 43 heavy (non-hydrogen) atoms. The number of carbonyl (C=O) groups is 1. The van der Waals surface area contributed by atoms with Crippen LogP contribution in [-0.4, -0.2) is 41.6 Å². The Labute approximate surface area is 253 Å². The van der Waals surface area contributed by atoms with Gasteiger partial charge in [-0.1, -0.05) is 45.0 Å². The number of hydrogen-bond donors (Lipinski definition) is 4. The van der Waals surface area contributed by atoms with Crippen molar-refractivity contribution < 1.29 is 4.79 Å². The molecule has 5 N–H and O–H groups in total. The van der Waals surface area contributed by atoms with Gasteiger partial charge in [-0.15, -0.1) is 0 Å². The molecule has 1 amide bonds. The Balaban J connectivity index is 1.38. The molecule has 1 aliphatic heterocycles. The molecule has 0 aliphatic carbocycles. The number of nitrogens with two attached hydrogens (primary N) is 1. The molecule has 1 aliphatic rings. The van der Waals surface area contributed by atoms with Crippen molar-refractivity contribution in [2.75, 3.05) is 47.4 Å². The van der Waals surface area contributed by atoms with E-state index in [0.29, 0.717) is 28.3 Å². The summed E-state index contributed by atoms with van der Waals surface area (Å²) in [5, 5.41) is 9.64. The number of amides is 1. The van der Waals surface area contributed by atoms with Gasteiger partial charge in [-0.05, 0) is 72.8 Å². The standard InChI is InChI=1S/C34H41N7O2/c1-22-26(8-6-9-28(22)39-32(42)23-10-12-24(13-11-23)34(2,3)4)29-21-40(5)33(43)31(38-29)37-25-14-15-30(27(35)20-25)41-18-7-16-36-17-19-41/h6,8-15,20-21,36H,7,16-19,35H2,1-5H3,(H,37,38)(H,39,42). The van der Waals surface area contributed by atoms with Gasteiger partial charge in [0.15, 0.2) is 5.82 Å². The lowest BCUT2D eigenvalue weighted by molar-refractivity contribution is 0.102. The molecule has 0 atom stereocenters. The number of nitrogens with zero attached hydrogens (tertiary/aromatic N) is 3. The van der Waals surface area contributed by atoms with E-state index in [-0.39, 0.29) is 22.7 Å². The third-order valence-corrected chi connectivity index (χ3v) is 7.91. The first-order valence-electron chi connectivity index (χ1n) is 14.7. The fraction of sp³-hybridized carbons (Fsp3) is 0.324. The van der Waals surface area contributed by atoms with Crippen molar-refractivity contribution in [3.8, 4) is 11.3 Å². The Bertz CT molecular complexity index is 1680. The van der Waals surface area contributed by atoms with Crippen LogP contribution in [0.1, 0.15) is 48.7 Å². The molecule has 4 aromatic rings. The molecular weight excluding hydrogens is 538 g/mol. The Kier molecular flexibility index (Phi) is 8.54. The SMILES string of the molecule is Cc1c(NC(=O)c2ccc(C(C)(C)C)cc2)cccc1-c1cn(C)c(=O)c(Nc2ccc(N3CCCNCC3)c(N)c2)n1. The summed E-state index contributed by atoms with van der Waals surface area (Å²) in [5.74, 6) is 0.00728. The monoisotopic (exact) mass is 579 g/mol. The number of aryl methyl sites for hydroxylation is 1. The quantitative estimate of drug-likeness (QED) is 0.225. The lowest BCUT2D eigenvalue weighted by atomic mass is 9.86. The maximum absolute atomic E-state index is 13.1. The summed E-state index contributed by atoms with van der Waals surface area (Å²) in [6.07, 6.45) is 2.76. The number of hydrogen-bond acceptors (Lipinski definition) is 7. The van der Waals surface area contributed by atoms with Crippen LogP contribution in [0.25, 0.3) is 11.3 Å². The number of nitrogens with one attached hydrogen (secondary N) is 3. The molecule has 1 aromatic heterocycles. The second-order valence-electron chi connectivity index (χ2n) is 12.1. The van der Waals surface area contributed by atoms with Crippen LogP contribution in [0.2, 0.25) is 0 Å². The fourth-order valence-corrected chi connectivity index (χ4v) is 5.33. The highest BCUT2D eigenvalue weighted by Gasteiger charge is 2.17. The zero-order valence-electron chi connectivity index (χ0n) is 25.6. The number of rotatable bonds is 6. The van der Waals surface area contributed by atoms with Crippen LogP contribution in [0.15, 0.2) is 71.7 Å². The van der Waals surface area contributed by atoms with E-state index in [0.717, 1.165) is 49.4 Å². The molecule has 1 saturated heterocycles. The van der Waals surface area contributed by atoms with Crippen molar-refractivity contribution in [3.05, 3.63) is 93.9 Å². The summed E-state index contributed by atoms with van der Waals surface area (Å²) in [7, 11) is 1.70. The van der Waals surface area contributed by atoms with Gasteiger partial charge in [-0.25, -0.2) is 4.98 Å². The summed E-state index contributed by atoms with van der Waals surface area (Å²) in [6.45, 7) is 12.1. The maximum atomic E-state index is 13.1. The fourth-order valence-electron chi connectivity index (χ4n) is 5.33. The van der Waals surface area contributed by atoms with Crippen molar-refractivity contribution in [2.45, 2.75) is 39.5 Å². The second kappa shape index (κ2) is 12.3. The van der Waals surface area contributed by atoms with E-state index in [4.69, 9.17) is 10.7 Å². The number of carbonyl (C=O) groups excluding carboxylic acids is 1. The van der Waals surface area contributed by atoms with E-state index in [2.05, 4.69) is 41.6 Å². The summed E-state index contributed by atoms with van der Waals surface area (Å²) in [5.41, 5.74) is 13.2. The van der Waals surface area contributed by atoms with Gasteiger partial charge in [0, 0.05) is 55.4 Å². The molecule has 9 heteroatoms. The lowest BCUT2D eigenvalue weighted by Crippen LogP contribution is -2.28. The molecule has 2 heterocycles. The van der Waals surface area contributed by atoms with Crippen molar-refractivity contribution in [1.29, 1.82) is 0 Å². The van der Waals surface area contributed by atoms with Gasteiger partial charge in [-0.3, -0.25) is 9.59 Å². The lowest BCUT2D eigenvalue weighted by Gasteiger charge is -2.24. The molecule has 0 saturated carbocycles. The third kappa shape index (κ3) is 6.73. The Morgan fingerprint density at radius 2 is 1.79 bits per heavy atom. The Hall–Kier alpha value is -4.63. The summed E-state index contributed by atoms with van der Waals surface area (Å²) < 4.78 is 1.51. The van der Waals surface area contributed by atoms with Gasteiger partial charge >= 0.3 is 0 Å². The minimum Gasteiger partial charge on any atom is -0.397 e. The van der Waals surface area contributed by atoms with E-state index in [1.807, 2.05) is 67.6 Å². The first-order chi connectivity index (χ1) is 20.5. The normalized spacial score (nSPS) is 13.8. The molecule has 0 bridgehead atoms. The number of anilines is 5. The van der Waals surface area contributed by atoms with Crippen LogP contribution in [0.3, 0.4) is 0 Å². The van der Waals surface area contributed by atoms with E-state index in [1.165, 1.54) is 10.1 Å². The Morgan fingerprint density at radius 1 is 1.02 bits per heavy atom. The first kappa shape index (κ1) is 29.8. The van der Waals surface area contributed by atoms with E-state index in [9.17, 15) is 9.59 Å².